The van der Waals surface area contributed by atoms with Crippen LogP contribution < -0.4 is 0 Å². The molecule has 0 aliphatic carbocycles. The van der Waals surface area contributed by atoms with E-state index in [1.165, 1.54) is 4.31 Å². The van der Waals surface area contributed by atoms with E-state index >= 15 is 0 Å². The highest BCUT2D eigenvalue weighted by Gasteiger charge is 2.38. The SMILES string of the molecule is O=S(=O)(N1CCOCC1)N1CCC[C@@H](C2OCCO2)C1. The molecule has 116 valence electrons. The van der Waals surface area contributed by atoms with Crippen LogP contribution in [0.15, 0.2) is 0 Å². The molecular weight excluding hydrogens is 284 g/mol. The van der Waals surface area contributed by atoms with Crippen LogP contribution in [0.25, 0.3) is 0 Å². The van der Waals surface area contributed by atoms with Crippen molar-refractivity contribution in [2.24, 2.45) is 5.92 Å². The molecule has 0 aromatic heterocycles. The molecule has 0 spiro atoms. The molecule has 8 heteroatoms. The summed E-state index contributed by atoms with van der Waals surface area (Å²) in [6, 6.07) is 0. The Morgan fingerprint density at radius 1 is 0.900 bits per heavy atom. The fourth-order valence-electron chi connectivity index (χ4n) is 3.00. The molecule has 0 saturated carbocycles. The van der Waals surface area contributed by atoms with Gasteiger partial charge in [-0.1, -0.05) is 0 Å². The molecule has 0 aromatic rings. The van der Waals surface area contributed by atoms with Crippen molar-refractivity contribution in [2.75, 3.05) is 52.6 Å². The van der Waals surface area contributed by atoms with Gasteiger partial charge in [0.1, 0.15) is 0 Å². The zero-order valence-electron chi connectivity index (χ0n) is 11.6. The molecule has 0 unspecified atom stereocenters. The topological polar surface area (TPSA) is 68.3 Å². The van der Waals surface area contributed by atoms with Crippen molar-refractivity contribution >= 4 is 10.2 Å². The lowest BCUT2D eigenvalue weighted by Crippen LogP contribution is -2.52. The summed E-state index contributed by atoms with van der Waals surface area (Å²) in [7, 11) is -3.37. The number of ether oxygens (including phenoxy) is 3. The van der Waals surface area contributed by atoms with Crippen molar-refractivity contribution in [1.82, 2.24) is 8.61 Å². The molecular formula is C12H22N2O5S. The van der Waals surface area contributed by atoms with Crippen LogP contribution >= 0.6 is 0 Å². The number of morpholine rings is 1. The lowest BCUT2D eigenvalue weighted by atomic mass is 9.99. The standard InChI is InChI=1S/C12H22N2O5S/c15-20(16,13-4-6-17-7-5-13)14-3-1-2-11(10-14)12-18-8-9-19-12/h11-12H,1-10H2/t11-/m1/s1. The predicted molar refractivity (Wildman–Crippen MR) is 71.3 cm³/mol. The van der Waals surface area contributed by atoms with Crippen LogP contribution in [0, 0.1) is 5.92 Å². The van der Waals surface area contributed by atoms with Crippen LogP contribution in [-0.4, -0.2) is 75.9 Å². The van der Waals surface area contributed by atoms with Gasteiger partial charge in [-0.2, -0.15) is 17.0 Å². The monoisotopic (exact) mass is 306 g/mol. The Hall–Kier alpha value is -0.250. The molecule has 0 N–H and O–H groups in total. The first-order valence-corrected chi connectivity index (χ1v) is 8.64. The Balaban J connectivity index is 1.65. The van der Waals surface area contributed by atoms with Crippen LogP contribution in [-0.2, 0) is 24.4 Å². The van der Waals surface area contributed by atoms with E-state index in [-0.39, 0.29) is 12.2 Å². The summed E-state index contributed by atoms with van der Waals surface area (Å²) in [4.78, 5) is 0. The fraction of sp³-hybridized carbons (Fsp3) is 1.00. The molecule has 20 heavy (non-hydrogen) atoms. The largest absolute Gasteiger partial charge is 0.379 e. The Labute approximate surface area is 119 Å². The third-order valence-electron chi connectivity index (χ3n) is 4.08. The Morgan fingerprint density at radius 2 is 1.60 bits per heavy atom. The lowest BCUT2D eigenvalue weighted by Gasteiger charge is -2.37. The summed E-state index contributed by atoms with van der Waals surface area (Å²) in [5, 5.41) is 0. The van der Waals surface area contributed by atoms with Gasteiger partial charge in [-0.3, -0.25) is 0 Å². The second-order valence-electron chi connectivity index (χ2n) is 5.39. The van der Waals surface area contributed by atoms with E-state index in [1.54, 1.807) is 4.31 Å². The third-order valence-corrected chi connectivity index (χ3v) is 6.08. The molecule has 3 aliphatic heterocycles. The van der Waals surface area contributed by atoms with E-state index < -0.39 is 10.2 Å². The van der Waals surface area contributed by atoms with E-state index in [1.807, 2.05) is 0 Å². The molecule has 3 aliphatic rings. The molecule has 3 saturated heterocycles. The second-order valence-corrected chi connectivity index (χ2v) is 7.32. The van der Waals surface area contributed by atoms with Crippen LogP contribution in [0.3, 0.4) is 0 Å². The first-order chi connectivity index (χ1) is 9.68. The summed E-state index contributed by atoms with van der Waals surface area (Å²) in [5.74, 6) is 0.141. The predicted octanol–water partition coefficient (Wildman–Crippen LogP) is -0.352. The summed E-state index contributed by atoms with van der Waals surface area (Å²) >= 11 is 0. The summed E-state index contributed by atoms with van der Waals surface area (Å²) in [6.45, 7) is 4.14. The van der Waals surface area contributed by atoms with Crippen molar-refractivity contribution in [3.8, 4) is 0 Å². The molecule has 7 nitrogen and oxygen atoms in total. The van der Waals surface area contributed by atoms with Gasteiger partial charge in [0.05, 0.1) is 26.4 Å². The number of hydrogen-bond donors (Lipinski definition) is 0. The number of nitrogens with zero attached hydrogens (tertiary/aromatic N) is 2. The average Bonchev–Trinajstić information content (AvgIpc) is 3.03. The first-order valence-electron chi connectivity index (χ1n) is 7.24. The highest BCUT2D eigenvalue weighted by atomic mass is 32.2. The van der Waals surface area contributed by atoms with Crippen LogP contribution in [0.4, 0.5) is 0 Å². The zero-order valence-corrected chi connectivity index (χ0v) is 12.4. The first kappa shape index (κ1) is 14.7. The maximum atomic E-state index is 12.6. The van der Waals surface area contributed by atoms with Gasteiger partial charge in [0.2, 0.25) is 0 Å². The minimum absolute atomic E-state index is 0.141. The fourth-order valence-corrected chi connectivity index (χ4v) is 4.67. The Morgan fingerprint density at radius 3 is 2.30 bits per heavy atom. The maximum absolute atomic E-state index is 12.6. The molecule has 3 fully saturated rings. The van der Waals surface area contributed by atoms with Crippen LogP contribution in [0.1, 0.15) is 12.8 Å². The van der Waals surface area contributed by atoms with E-state index in [9.17, 15) is 8.42 Å². The number of rotatable bonds is 3. The average molecular weight is 306 g/mol. The minimum Gasteiger partial charge on any atom is -0.379 e. The minimum atomic E-state index is -3.37. The van der Waals surface area contributed by atoms with Gasteiger partial charge in [0.15, 0.2) is 6.29 Å². The van der Waals surface area contributed by atoms with E-state index in [4.69, 9.17) is 14.2 Å². The zero-order chi connectivity index (χ0) is 14.0. The number of piperidine rings is 1. The molecule has 0 bridgehead atoms. The molecule has 0 radical (unpaired) electrons. The Bertz CT molecular complexity index is 418. The normalized spacial score (nSPS) is 31.7. The van der Waals surface area contributed by atoms with Gasteiger partial charge in [0.25, 0.3) is 10.2 Å². The van der Waals surface area contributed by atoms with Crippen molar-refractivity contribution in [2.45, 2.75) is 19.1 Å². The summed E-state index contributed by atoms with van der Waals surface area (Å²) < 4.78 is 44.6. The third kappa shape index (κ3) is 3.00. The molecule has 1 atom stereocenters. The van der Waals surface area contributed by atoms with Crippen molar-refractivity contribution in [3.05, 3.63) is 0 Å². The van der Waals surface area contributed by atoms with Crippen molar-refractivity contribution in [1.29, 1.82) is 0 Å². The van der Waals surface area contributed by atoms with E-state index in [0.717, 1.165) is 12.8 Å². The molecule has 3 heterocycles. The number of hydrogen-bond acceptors (Lipinski definition) is 5. The Kier molecular flexibility index (Phi) is 4.58. The highest BCUT2D eigenvalue weighted by Crippen LogP contribution is 2.27. The highest BCUT2D eigenvalue weighted by molar-refractivity contribution is 7.86. The summed E-state index contributed by atoms with van der Waals surface area (Å²) in [5.41, 5.74) is 0. The van der Waals surface area contributed by atoms with Gasteiger partial charge >= 0.3 is 0 Å². The lowest BCUT2D eigenvalue weighted by molar-refractivity contribution is -0.0944. The maximum Gasteiger partial charge on any atom is 0.282 e. The van der Waals surface area contributed by atoms with Gasteiger partial charge in [0, 0.05) is 32.1 Å². The molecule has 0 aromatic carbocycles. The quantitative estimate of drug-likeness (QED) is 0.713. The molecule has 0 amide bonds. The van der Waals surface area contributed by atoms with E-state index in [2.05, 4.69) is 0 Å². The van der Waals surface area contributed by atoms with Crippen molar-refractivity contribution in [3.63, 3.8) is 0 Å². The van der Waals surface area contributed by atoms with Crippen molar-refractivity contribution < 1.29 is 22.6 Å². The van der Waals surface area contributed by atoms with Gasteiger partial charge < -0.3 is 14.2 Å². The van der Waals surface area contributed by atoms with Crippen LogP contribution in [0.2, 0.25) is 0 Å². The van der Waals surface area contributed by atoms with Gasteiger partial charge in [-0.15, -0.1) is 0 Å². The van der Waals surface area contributed by atoms with Gasteiger partial charge in [-0.25, -0.2) is 0 Å². The summed E-state index contributed by atoms with van der Waals surface area (Å²) in [6.07, 6.45) is 1.58. The van der Waals surface area contributed by atoms with Gasteiger partial charge in [-0.05, 0) is 12.8 Å². The van der Waals surface area contributed by atoms with E-state index in [0.29, 0.717) is 52.6 Å². The van der Waals surface area contributed by atoms with Crippen LogP contribution in [0.5, 0.6) is 0 Å². The smallest absolute Gasteiger partial charge is 0.282 e. The second kappa shape index (κ2) is 6.25. The molecule has 3 rings (SSSR count).